The van der Waals surface area contributed by atoms with Gasteiger partial charge in [-0.25, -0.2) is 4.79 Å². The van der Waals surface area contributed by atoms with E-state index in [-0.39, 0.29) is 23.2 Å². The van der Waals surface area contributed by atoms with Crippen molar-refractivity contribution in [1.82, 2.24) is 10.6 Å². The number of carbonyl (C=O) groups is 2. The predicted molar refractivity (Wildman–Crippen MR) is 76.0 cm³/mol. The maximum atomic E-state index is 12.4. The van der Waals surface area contributed by atoms with Crippen LogP contribution >= 0.6 is 0 Å². The third-order valence-corrected chi connectivity index (χ3v) is 4.61. The van der Waals surface area contributed by atoms with Crippen LogP contribution in [0.1, 0.15) is 39.5 Å². The highest BCUT2D eigenvalue weighted by atomic mass is 16.5. The van der Waals surface area contributed by atoms with E-state index in [2.05, 4.69) is 10.6 Å². The Morgan fingerprint density at radius 2 is 2.00 bits per heavy atom. The Hall–Kier alpha value is -1.10. The molecule has 1 amide bonds. The quantitative estimate of drug-likeness (QED) is 0.741. The average molecular weight is 282 g/mol. The Morgan fingerprint density at radius 1 is 1.35 bits per heavy atom. The van der Waals surface area contributed by atoms with Gasteiger partial charge in [-0.1, -0.05) is 13.8 Å². The monoisotopic (exact) mass is 282 g/mol. The van der Waals surface area contributed by atoms with Gasteiger partial charge in [-0.3, -0.25) is 4.79 Å². The molecule has 20 heavy (non-hydrogen) atoms. The normalized spacial score (nSPS) is 25.3. The van der Waals surface area contributed by atoms with Crippen molar-refractivity contribution in [3.63, 3.8) is 0 Å². The molecule has 0 aromatic carbocycles. The van der Waals surface area contributed by atoms with Crippen molar-refractivity contribution in [2.75, 3.05) is 20.2 Å². The first-order valence-electron chi connectivity index (χ1n) is 7.57. The Balaban J connectivity index is 1.90. The SMILES string of the molecule is COC(=O)C(CC(C)C)NC(=O)C1CC12CCNCC2. The zero-order valence-corrected chi connectivity index (χ0v) is 12.7. The molecule has 1 saturated heterocycles. The third-order valence-electron chi connectivity index (χ3n) is 4.61. The minimum Gasteiger partial charge on any atom is -0.467 e. The van der Waals surface area contributed by atoms with E-state index < -0.39 is 6.04 Å². The van der Waals surface area contributed by atoms with Crippen LogP contribution in [0, 0.1) is 17.3 Å². The zero-order valence-electron chi connectivity index (χ0n) is 12.7. The molecule has 1 saturated carbocycles. The van der Waals surface area contributed by atoms with Gasteiger partial charge in [-0.15, -0.1) is 0 Å². The smallest absolute Gasteiger partial charge is 0.328 e. The summed E-state index contributed by atoms with van der Waals surface area (Å²) in [5, 5.41) is 6.23. The maximum absolute atomic E-state index is 12.4. The second-order valence-corrected chi connectivity index (χ2v) is 6.58. The van der Waals surface area contributed by atoms with Crippen molar-refractivity contribution in [2.24, 2.45) is 17.3 Å². The van der Waals surface area contributed by atoms with Crippen LogP contribution in [-0.4, -0.2) is 38.1 Å². The number of amides is 1. The summed E-state index contributed by atoms with van der Waals surface area (Å²) in [6.45, 7) is 6.06. The Bertz CT molecular complexity index is 375. The molecule has 0 aromatic rings. The van der Waals surface area contributed by atoms with E-state index in [1.54, 1.807) is 0 Å². The summed E-state index contributed by atoms with van der Waals surface area (Å²) in [7, 11) is 1.37. The number of nitrogens with one attached hydrogen (secondary N) is 2. The molecule has 1 aliphatic heterocycles. The highest BCUT2D eigenvalue weighted by molar-refractivity contribution is 5.88. The van der Waals surface area contributed by atoms with Crippen LogP contribution < -0.4 is 10.6 Å². The van der Waals surface area contributed by atoms with Gasteiger partial charge in [0.15, 0.2) is 0 Å². The van der Waals surface area contributed by atoms with E-state index in [0.29, 0.717) is 12.3 Å². The highest BCUT2D eigenvalue weighted by Gasteiger charge is 2.57. The van der Waals surface area contributed by atoms with Crippen molar-refractivity contribution in [1.29, 1.82) is 0 Å². The molecule has 1 spiro atoms. The van der Waals surface area contributed by atoms with Crippen LogP contribution in [0.15, 0.2) is 0 Å². The number of hydrogen-bond acceptors (Lipinski definition) is 4. The van der Waals surface area contributed by atoms with Gasteiger partial charge in [0.2, 0.25) is 5.91 Å². The summed E-state index contributed by atoms with van der Waals surface area (Å²) in [6, 6.07) is -0.508. The van der Waals surface area contributed by atoms with Crippen molar-refractivity contribution in [3.05, 3.63) is 0 Å². The van der Waals surface area contributed by atoms with Crippen LogP contribution in [0.2, 0.25) is 0 Å². The highest BCUT2D eigenvalue weighted by Crippen LogP contribution is 2.58. The van der Waals surface area contributed by atoms with Gasteiger partial charge in [0.05, 0.1) is 7.11 Å². The molecule has 2 N–H and O–H groups in total. The topological polar surface area (TPSA) is 67.4 Å². The molecule has 5 nitrogen and oxygen atoms in total. The Labute approximate surface area is 120 Å². The third kappa shape index (κ3) is 3.32. The molecule has 114 valence electrons. The number of piperidine rings is 1. The lowest BCUT2D eigenvalue weighted by molar-refractivity contribution is -0.145. The number of carbonyl (C=O) groups excluding carboxylic acids is 2. The first-order chi connectivity index (χ1) is 9.48. The second kappa shape index (κ2) is 6.12. The van der Waals surface area contributed by atoms with Gasteiger partial charge in [0, 0.05) is 5.92 Å². The molecule has 2 fully saturated rings. The number of rotatable bonds is 5. The van der Waals surface area contributed by atoms with Crippen molar-refractivity contribution in [3.8, 4) is 0 Å². The minimum atomic E-state index is -0.508. The van der Waals surface area contributed by atoms with Crippen LogP contribution in [0.4, 0.5) is 0 Å². The van der Waals surface area contributed by atoms with Crippen LogP contribution in [0.25, 0.3) is 0 Å². The molecule has 1 heterocycles. The maximum Gasteiger partial charge on any atom is 0.328 e. The molecule has 2 unspecified atom stereocenters. The van der Waals surface area contributed by atoms with Crippen molar-refractivity contribution in [2.45, 2.75) is 45.6 Å². The standard InChI is InChI=1S/C15H26N2O3/c1-10(2)8-12(14(19)20-3)17-13(18)11-9-15(11)4-6-16-7-5-15/h10-12,16H,4-9H2,1-3H3,(H,17,18). The van der Waals surface area contributed by atoms with Gasteiger partial charge in [-0.05, 0) is 50.1 Å². The number of esters is 1. The zero-order chi connectivity index (χ0) is 14.8. The van der Waals surface area contributed by atoms with Crippen LogP contribution in [0.5, 0.6) is 0 Å². The summed E-state index contributed by atoms with van der Waals surface area (Å²) in [4.78, 5) is 24.1. The molecule has 2 aliphatic rings. The largest absolute Gasteiger partial charge is 0.467 e. The van der Waals surface area contributed by atoms with Crippen molar-refractivity contribution < 1.29 is 14.3 Å². The molecular formula is C15H26N2O3. The number of methoxy groups -OCH3 is 1. The predicted octanol–water partition coefficient (Wildman–Crippen LogP) is 1.08. The average Bonchev–Trinajstić information content (AvgIpc) is 3.11. The van der Waals surface area contributed by atoms with Crippen LogP contribution in [0.3, 0.4) is 0 Å². The Morgan fingerprint density at radius 3 is 2.55 bits per heavy atom. The van der Waals surface area contributed by atoms with E-state index in [0.717, 1.165) is 32.4 Å². The Kier molecular flexibility index (Phi) is 4.68. The lowest BCUT2D eigenvalue weighted by Gasteiger charge is -2.24. The number of ether oxygens (including phenoxy) is 1. The molecule has 2 atom stereocenters. The van der Waals surface area contributed by atoms with Gasteiger partial charge in [-0.2, -0.15) is 0 Å². The summed E-state index contributed by atoms with van der Waals surface area (Å²) in [6.07, 6.45) is 3.73. The van der Waals surface area contributed by atoms with Crippen LogP contribution in [-0.2, 0) is 14.3 Å². The molecule has 5 heteroatoms. The van der Waals surface area contributed by atoms with Gasteiger partial charge < -0.3 is 15.4 Å². The summed E-state index contributed by atoms with van der Waals surface area (Å²) in [5.74, 6) is 0.116. The second-order valence-electron chi connectivity index (χ2n) is 6.58. The molecule has 2 rings (SSSR count). The fourth-order valence-corrected chi connectivity index (χ4v) is 3.30. The molecule has 0 radical (unpaired) electrons. The fraction of sp³-hybridized carbons (Fsp3) is 0.867. The van der Waals surface area contributed by atoms with Gasteiger partial charge in [0.1, 0.15) is 6.04 Å². The summed E-state index contributed by atoms with van der Waals surface area (Å²) >= 11 is 0. The molecule has 0 bridgehead atoms. The van der Waals surface area contributed by atoms with Gasteiger partial charge >= 0.3 is 5.97 Å². The lowest BCUT2D eigenvalue weighted by Crippen LogP contribution is -2.44. The molecule has 1 aliphatic carbocycles. The van der Waals surface area contributed by atoms with Crippen molar-refractivity contribution >= 4 is 11.9 Å². The summed E-state index contributed by atoms with van der Waals surface area (Å²) < 4.78 is 4.79. The first kappa shape index (κ1) is 15.3. The van der Waals surface area contributed by atoms with Gasteiger partial charge in [0.25, 0.3) is 0 Å². The molecular weight excluding hydrogens is 256 g/mol. The minimum absolute atomic E-state index is 0.0305. The van der Waals surface area contributed by atoms with E-state index in [1.165, 1.54) is 7.11 Å². The summed E-state index contributed by atoms with van der Waals surface area (Å²) in [5.41, 5.74) is 0.202. The van der Waals surface area contributed by atoms with E-state index in [1.807, 2.05) is 13.8 Å². The number of hydrogen-bond donors (Lipinski definition) is 2. The molecule has 0 aromatic heterocycles. The van der Waals surface area contributed by atoms with E-state index in [4.69, 9.17) is 4.74 Å². The van der Waals surface area contributed by atoms with E-state index in [9.17, 15) is 9.59 Å². The first-order valence-corrected chi connectivity index (χ1v) is 7.57. The fourth-order valence-electron chi connectivity index (χ4n) is 3.30. The van der Waals surface area contributed by atoms with E-state index >= 15 is 0 Å². The lowest BCUT2D eigenvalue weighted by atomic mass is 9.91.